The summed E-state index contributed by atoms with van der Waals surface area (Å²) >= 11 is 0. The second-order valence-corrected chi connectivity index (χ2v) is 2.88. The van der Waals surface area contributed by atoms with E-state index in [0.717, 1.165) is 16.7 Å². The second-order valence-electron chi connectivity index (χ2n) is 2.88. The third-order valence-electron chi connectivity index (χ3n) is 1.93. The Morgan fingerprint density at radius 2 is 1.92 bits per heavy atom. The van der Waals surface area contributed by atoms with Crippen LogP contribution in [-0.2, 0) is 11.4 Å². The first-order valence-corrected chi connectivity index (χ1v) is 3.76. The van der Waals surface area contributed by atoms with E-state index in [-0.39, 0.29) is 12.4 Å². The zero-order valence-corrected chi connectivity index (χ0v) is 7.29. The number of nitrogens with two attached hydrogens (primary N) is 1. The SMILES string of the molecule is Cc1cc(O)c(CON)cc1C. The largest absolute Gasteiger partial charge is 0.508 e. The lowest BCUT2D eigenvalue weighted by atomic mass is 10.1. The van der Waals surface area contributed by atoms with Gasteiger partial charge < -0.3 is 5.11 Å². The molecule has 0 amide bonds. The minimum absolute atomic E-state index is 0.239. The fourth-order valence-corrected chi connectivity index (χ4v) is 1.07. The van der Waals surface area contributed by atoms with Crippen molar-refractivity contribution in [3.05, 3.63) is 28.8 Å². The van der Waals surface area contributed by atoms with Crippen molar-refractivity contribution in [1.29, 1.82) is 0 Å². The van der Waals surface area contributed by atoms with Crippen LogP contribution in [0.25, 0.3) is 0 Å². The fraction of sp³-hybridized carbons (Fsp3) is 0.333. The highest BCUT2D eigenvalue weighted by molar-refractivity contribution is 5.40. The van der Waals surface area contributed by atoms with Crippen LogP contribution in [0.1, 0.15) is 16.7 Å². The summed E-state index contributed by atoms with van der Waals surface area (Å²) in [6, 6.07) is 3.58. The lowest BCUT2D eigenvalue weighted by molar-refractivity contribution is 0.122. The Kier molecular flexibility index (Phi) is 2.68. The van der Waals surface area contributed by atoms with Gasteiger partial charge in [-0.25, -0.2) is 5.90 Å². The molecule has 0 aliphatic carbocycles. The molecule has 0 heterocycles. The molecule has 0 aliphatic heterocycles. The van der Waals surface area contributed by atoms with Crippen LogP contribution in [0.2, 0.25) is 0 Å². The van der Waals surface area contributed by atoms with Gasteiger partial charge in [0.1, 0.15) is 5.75 Å². The summed E-state index contributed by atoms with van der Waals surface area (Å²) in [7, 11) is 0. The summed E-state index contributed by atoms with van der Waals surface area (Å²) < 4.78 is 0. The van der Waals surface area contributed by atoms with E-state index < -0.39 is 0 Å². The van der Waals surface area contributed by atoms with Crippen molar-refractivity contribution in [2.45, 2.75) is 20.5 Å². The number of phenolic OH excluding ortho intramolecular Hbond substituents is 1. The molecule has 1 aromatic carbocycles. The Labute approximate surface area is 71.7 Å². The molecule has 0 spiro atoms. The van der Waals surface area contributed by atoms with Crippen molar-refractivity contribution in [3.63, 3.8) is 0 Å². The zero-order valence-electron chi connectivity index (χ0n) is 7.29. The molecule has 0 saturated carbocycles. The Hall–Kier alpha value is -1.06. The van der Waals surface area contributed by atoms with Crippen molar-refractivity contribution < 1.29 is 9.94 Å². The molecule has 1 aromatic rings. The van der Waals surface area contributed by atoms with Crippen LogP contribution >= 0.6 is 0 Å². The third kappa shape index (κ3) is 1.75. The van der Waals surface area contributed by atoms with E-state index in [0.29, 0.717) is 0 Å². The molecule has 0 aromatic heterocycles. The van der Waals surface area contributed by atoms with Crippen molar-refractivity contribution in [2.75, 3.05) is 0 Å². The van der Waals surface area contributed by atoms with E-state index in [1.165, 1.54) is 0 Å². The summed E-state index contributed by atoms with van der Waals surface area (Å²) in [6.07, 6.45) is 0. The summed E-state index contributed by atoms with van der Waals surface area (Å²) in [5, 5.41) is 9.41. The molecule has 1 rings (SSSR count). The molecule has 0 saturated heterocycles. The molecule has 3 heteroatoms. The molecule has 0 fully saturated rings. The minimum Gasteiger partial charge on any atom is -0.508 e. The summed E-state index contributed by atoms with van der Waals surface area (Å²) in [4.78, 5) is 4.44. The van der Waals surface area contributed by atoms with Crippen molar-refractivity contribution >= 4 is 0 Å². The molecule has 0 aliphatic rings. The Morgan fingerprint density at radius 3 is 2.50 bits per heavy atom. The number of aryl methyl sites for hydroxylation is 2. The molecule has 66 valence electrons. The number of benzene rings is 1. The van der Waals surface area contributed by atoms with Gasteiger partial charge in [0.05, 0.1) is 6.61 Å². The molecule has 0 atom stereocenters. The van der Waals surface area contributed by atoms with Gasteiger partial charge in [-0.1, -0.05) is 0 Å². The molecule has 12 heavy (non-hydrogen) atoms. The van der Waals surface area contributed by atoms with Crippen molar-refractivity contribution in [3.8, 4) is 5.75 Å². The van der Waals surface area contributed by atoms with E-state index in [9.17, 15) is 5.11 Å². The van der Waals surface area contributed by atoms with Gasteiger partial charge in [0.15, 0.2) is 0 Å². The van der Waals surface area contributed by atoms with Gasteiger partial charge in [-0.05, 0) is 37.1 Å². The molecular formula is C9H13NO2. The zero-order chi connectivity index (χ0) is 9.14. The first kappa shape index (κ1) is 9.03. The maximum atomic E-state index is 9.41. The van der Waals surface area contributed by atoms with E-state index in [2.05, 4.69) is 4.84 Å². The predicted molar refractivity (Wildman–Crippen MR) is 46.6 cm³/mol. The molecule has 3 nitrogen and oxygen atoms in total. The van der Waals surface area contributed by atoms with Crippen LogP contribution in [0.5, 0.6) is 5.75 Å². The molecule has 0 radical (unpaired) electrons. The van der Waals surface area contributed by atoms with Crippen molar-refractivity contribution in [1.82, 2.24) is 0 Å². The highest BCUT2D eigenvalue weighted by Crippen LogP contribution is 2.21. The first-order chi connectivity index (χ1) is 5.65. The van der Waals surface area contributed by atoms with Gasteiger partial charge in [-0.3, -0.25) is 4.84 Å². The quantitative estimate of drug-likeness (QED) is 0.654. The average Bonchev–Trinajstić information content (AvgIpc) is 2.01. The first-order valence-electron chi connectivity index (χ1n) is 3.76. The molecule has 0 unspecified atom stereocenters. The maximum Gasteiger partial charge on any atom is 0.121 e. The maximum absolute atomic E-state index is 9.41. The smallest absolute Gasteiger partial charge is 0.121 e. The predicted octanol–water partition coefficient (Wildman–Crippen LogP) is 1.40. The third-order valence-corrected chi connectivity index (χ3v) is 1.93. The van der Waals surface area contributed by atoms with Gasteiger partial charge >= 0.3 is 0 Å². The van der Waals surface area contributed by atoms with Crippen LogP contribution in [0.4, 0.5) is 0 Å². The van der Waals surface area contributed by atoms with Gasteiger partial charge in [-0.2, -0.15) is 0 Å². The van der Waals surface area contributed by atoms with Crippen LogP contribution < -0.4 is 5.90 Å². The van der Waals surface area contributed by atoms with Gasteiger partial charge in [-0.15, -0.1) is 0 Å². The van der Waals surface area contributed by atoms with Gasteiger partial charge in [0.25, 0.3) is 0 Å². The molecule has 0 bridgehead atoms. The number of phenols is 1. The monoisotopic (exact) mass is 167 g/mol. The highest BCUT2D eigenvalue weighted by Gasteiger charge is 2.03. The second kappa shape index (κ2) is 3.56. The van der Waals surface area contributed by atoms with E-state index >= 15 is 0 Å². The summed E-state index contributed by atoms with van der Waals surface area (Å²) in [6.45, 7) is 4.17. The van der Waals surface area contributed by atoms with E-state index in [1.807, 2.05) is 19.9 Å². The Balaban J connectivity index is 3.05. The van der Waals surface area contributed by atoms with Crippen LogP contribution in [-0.4, -0.2) is 5.11 Å². The Bertz CT molecular complexity index is 284. The summed E-state index contributed by atoms with van der Waals surface area (Å²) in [5.41, 5.74) is 2.91. The number of hydrogen-bond acceptors (Lipinski definition) is 3. The normalized spacial score (nSPS) is 10.2. The van der Waals surface area contributed by atoms with Crippen LogP contribution in [0.15, 0.2) is 12.1 Å². The van der Waals surface area contributed by atoms with Gasteiger partial charge in [0, 0.05) is 5.56 Å². The van der Waals surface area contributed by atoms with Crippen molar-refractivity contribution in [2.24, 2.45) is 5.90 Å². The number of aromatic hydroxyl groups is 1. The average molecular weight is 167 g/mol. The summed E-state index contributed by atoms with van der Waals surface area (Å²) in [5.74, 6) is 5.15. The standard InChI is InChI=1S/C9H13NO2/c1-6-3-8(5-12-10)9(11)4-7(6)2/h3-4,11H,5,10H2,1-2H3. The lowest BCUT2D eigenvalue weighted by Gasteiger charge is -2.06. The number of rotatable bonds is 2. The number of hydrogen-bond donors (Lipinski definition) is 2. The highest BCUT2D eigenvalue weighted by atomic mass is 16.6. The van der Waals surface area contributed by atoms with Gasteiger partial charge in [0.2, 0.25) is 0 Å². The van der Waals surface area contributed by atoms with Crippen LogP contribution in [0, 0.1) is 13.8 Å². The molecule has 3 N–H and O–H groups in total. The van der Waals surface area contributed by atoms with E-state index in [1.54, 1.807) is 6.07 Å². The minimum atomic E-state index is 0.239. The van der Waals surface area contributed by atoms with Crippen LogP contribution in [0.3, 0.4) is 0 Å². The fourth-order valence-electron chi connectivity index (χ4n) is 1.07. The topological polar surface area (TPSA) is 55.5 Å². The lowest BCUT2D eigenvalue weighted by Crippen LogP contribution is -1.99. The van der Waals surface area contributed by atoms with E-state index in [4.69, 9.17) is 5.90 Å². The Morgan fingerprint density at radius 1 is 1.33 bits per heavy atom. The molecular weight excluding hydrogens is 154 g/mol.